The summed E-state index contributed by atoms with van der Waals surface area (Å²) in [5, 5.41) is 25.5. The fraction of sp³-hybridized carbons (Fsp3) is 0.727. The third-order valence-corrected chi connectivity index (χ3v) is 7.76. The molecule has 1 saturated heterocycles. The summed E-state index contributed by atoms with van der Waals surface area (Å²) >= 11 is 0. The number of hydrogen-bond donors (Lipinski definition) is 2. The lowest BCUT2D eigenvalue weighted by Crippen LogP contribution is -2.44. The molecule has 3 rings (SSSR count). The fourth-order valence-electron chi connectivity index (χ4n) is 4.06. The van der Waals surface area contributed by atoms with Gasteiger partial charge in [-0.1, -0.05) is 33.0 Å². The van der Waals surface area contributed by atoms with Crippen molar-refractivity contribution >= 4 is 20.0 Å². The summed E-state index contributed by atoms with van der Waals surface area (Å²) in [4.78, 5) is 23.5. The maximum Gasteiger partial charge on any atom is 0.307 e. The second kappa shape index (κ2) is 12.3. The Bertz CT molecular complexity index is 896. The highest BCUT2D eigenvalue weighted by Gasteiger charge is 2.33. The minimum absolute atomic E-state index is 0.209. The van der Waals surface area contributed by atoms with Crippen LogP contribution >= 0.6 is 0 Å². The van der Waals surface area contributed by atoms with Crippen molar-refractivity contribution in [2.24, 2.45) is 5.92 Å². The lowest BCUT2D eigenvalue weighted by Gasteiger charge is -2.27. The van der Waals surface area contributed by atoms with E-state index in [1.165, 1.54) is 0 Å². The maximum absolute atomic E-state index is 12.2. The quantitative estimate of drug-likeness (QED) is 0.317. The van der Waals surface area contributed by atoms with Crippen LogP contribution in [-0.2, 0) is 22.7 Å². The van der Waals surface area contributed by atoms with E-state index in [-0.39, 0.29) is 6.73 Å². The lowest BCUT2D eigenvalue weighted by atomic mass is 9.84. The van der Waals surface area contributed by atoms with E-state index >= 15 is 0 Å². The third-order valence-electron chi connectivity index (χ3n) is 6.05. The Balaban J connectivity index is 1.77. The molecule has 1 aliphatic rings. The minimum atomic E-state index is -1.21. The van der Waals surface area contributed by atoms with Gasteiger partial charge in [-0.05, 0) is 34.9 Å². The van der Waals surface area contributed by atoms with Crippen LogP contribution in [0, 0.1) is 5.92 Å². The SMILES string of the molecule is CCCC(C(=O)O)[C@H](Cc1cnc(N2CCNCC2)nc1)c1nnnn1COCC[Si](C)(C)C. The Morgan fingerprint density at radius 1 is 1.24 bits per heavy atom. The first-order valence-electron chi connectivity index (χ1n) is 12.1. The Kier molecular flexibility index (Phi) is 9.48. The van der Waals surface area contributed by atoms with Crippen molar-refractivity contribution in [3.8, 4) is 0 Å². The van der Waals surface area contributed by atoms with Crippen molar-refractivity contribution in [3.05, 3.63) is 23.8 Å². The molecule has 1 unspecified atom stereocenters. The molecule has 2 N–H and O–H groups in total. The van der Waals surface area contributed by atoms with E-state index in [0.29, 0.717) is 31.2 Å². The van der Waals surface area contributed by atoms with Crippen molar-refractivity contribution in [3.63, 3.8) is 0 Å². The summed E-state index contributed by atoms with van der Waals surface area (Å²) in [6.07, 6.45) is 5.30. The van der Waals surface area contributed by atoms with Crippen LogP contribution in [0.3, 0.4) is 0 Å². The second-order valence-electron chi connectivity index (χ2n) is 10.1. The van der Waals surface area contributed by atoms with E-state index in [1.807, 2.05) is 6.92 Å². The molecule has 0 radical (unpaired) electrons. The number of aromatic nitrogens is 6. The highest BCUT2D eigenvalue weighted by Crippen LogP contribution is 2.31. The van der Waals surface area contributed by atoms with Gasteiger partial charge in [-0.2, -0.15) is 0 Å². The predicted molar refractivity (Wildman–Crippen MR) is 132 cm³/mol. The molecule has 0 aliphatic carbocycles. The average Bonchev–Trinajstić information content (AvgIpc) is 3.27. The van der Waals surface area contributed by atoms with Crippen molar-refractivity contribution < 1.29 is 14.6 Å². The predicted octanol–water partition coefficient (Wildman–Crippen LogP) is 2.01. The molecular weight excluding hydrogens is 452 g/mol. The van der Waals surface area contributed by atoms with Crippen LogP contribution in [0.15, 0.2) is 12.4 Å². The van der Waals surface area contributed by atoms with E-state index in [0.717, 1.165) is 44.2 Å². The molecule has 0 aromatic carbocycles. The van der Waals surface area contributed by atoms with Gasteiger partial charge in [0.1, 0.15) is 6.73 Å². The molecule has 2 aromatic rings. The largest absolute Gasteiger partial charge is 0.481 e. The highest BCUT2D eigenvalue weighted by atomic mass is 28.3. The molecule has 1 aliphatic heterocycles. The lowest BCUT2D eigenvalue weighted by molar-refractivity contribution is -0.143. The molecule has 11 nitrogen and oxygen atoms in total. The van der Waals surface area contributed by atoms with Gasteiger partial charge in [0.25, 0.3) is 0 Å². The third kappa shape index (κ3) is 7.54. The van der Waals surface area contributed by atoms with Gasteiger partial charge in [0.15, 0.2) is 5.82 Å². The van der Waals surface area contributed by atoms with Crippen LogP contribution in [-0.4, -0.2) is 82.1 Å². The topological polar surface area (TPSA) is 131 Å². The Hall–Kier alpha value is -2.44. The molecule has 1 fully saturated rings. The normalized spacial score (nSPS) is 16.4. The molecule has 0 bridgehead atoms. The molecule has 34 heavy (non-hydrogen) atoms. The van der Waals surface area contributed by atoms with Crippen LogP contribution in [0.1, 0.15) is 37.1 Å². The first kappa shape index (κ1) is 26.2. The first-order chi connectivity index (χ1) is 16.3. The summed E-state index contributed by atoms with van der Waals surface area (Å²) in [5.74, 6) is -0.656. The van der Waals surface area contributed by atoms with Crippen LogP contribution in [0.25, 0.3) is 0 Å². The molecule has 3 heterocycles. The number of carboxylic acid groups (broad SMARTS) is 1. The Morgan fingerprint density at radius 3 is 2.56 bits per heavy atom. The van der Waals surface area contributed by atoms with Crippen molar-refractivity contribution in [1.29, 1.82) is 0 Å². The standard InChI is InChI=1S/C22H38N8O3Si/c1-5-6-18(21(31)32)19(20-26-27-28-30(20)16-33-11-12-34(2,3)4)13-17-14-24-22(25-15-17)29-9-7-23-8-10-29/h14-15,18-19,23H,5-13,16H2,1-4H3,(H,31,32)/t18?,19-/m0/s1. The molecule has 0 spiro atoms. The van der Waals surface area contributed by atoms with Gasteiger partial charge in [0, 0.05) is 59.2 Å². The monoisotopic (exact) mass is 490 g/mol. The Morgan fingerprint density at radius 2 is 1.94 bits per heavy atom. The number of ether oxygens (including phenoxy) is 1. The molecule has 188 valence electrons. The van der Waals surface area contributed by atoms with E-state index in [9.17, 15) is 9.90 Å². The summed E-state index contributed by atoms with van der Waals surface area (Å²) in [5.41, 5.74) is 0.862. The second-order valence-corrected chi connectivity index (χ2v) is 15.7. The van der Waals surface area contributed by atoms with Crippen molar-refractivity contribution in [2.45, 2.75) is 64.5 Å². The van der Waals surface area contributed by atoms with Gasteiger partial charge in [0.2, 0.25) is 5.95 Å². The number of carboxylic acids is 1. The number of tetrazole rings is 1. The number of aliphatic carboxylic acids is 1. The molecule has 2 atom stereocenters. The summed E-state index contributed by atoms with van der Waals surface area (Å²) in [6, 6.07) is 1.04. The van der Waals surface area contributed by atoms with Crippen LogP contribution < -0.4 is 10.2 Å². The van der Waals surface area contributed by atoms with E-state index < -0.39 is 25.9 Å². The van der Waals surface area contributed by atoms with Crippen LogP contribution in [0.2, 0.25) is 25.7 Å². The molecule has 12 heteroatoms. The number of nitrogens with zero attached hydrogens (tertiary/aromatic N) is 7. The number of anilines is 1. The summed E-state index contributed by atoms with van der Waals surface area (Å²) < 4.78 is 7.44. The van der Waals surface area contributed by atoms with Crippen molar-refractivity contribution in [2.75, 3.05) is 37.7 Å². The zero-order chi connectivity index (χ0) is 24.6. The fourth-order valence-corrected chi connectivity index (χ4v) is 4.81. The van der Waals surface area contributed by atoms with Crippen molar-refractivity contribution in [1.82, 2.24) is 35.5 Å². The first-order valence-corrected chi connectivity index (χ1v) is 15.8. The number of piperazine rings is 1. The van der Waals surface area contributed by atoms with Gasteiger partial charge in [-0.3, -0.25) is 4.79 Å². The molecule has 2 aromatic heterocycles. The molecule has 0 saturated carbocycles. The minimum Gasteiger partial charge on any atom is -0.481 e. The molecular formula is C22H38N8O3Si. The van der Waals surface area contributed by atoms with E-state index in [2.05, 4.69) is 55.4 Å². The maximum atomic E-state index is 12.2. The smallest absolute Gasteiger partial charge is 0.307 e. The molecule has 0 amide bonds. The van der Waals surface area contributed by atoms with Gasteiger partial charge in [-0.25, -0.2) is 14.6 Å². The van der Waals surface area contributed by atoms with Gasteiger partial charge in [-0.15, -0.1) is 5.10 Å². The average molecular weight is 491 g/mol. The van der Waals surface area contributed by atoms with Crippen LogP contribution in [0.4, 0.5) is 5.95 Å². The number of carbonyl (C=O) groups is 1. The van der Waals surface area contributed by atoms with Crippen LogP contribution in [0.5, 0.6) is 0 Å². The number of nitrogens with one attached hydrogen (secondary N) is 1. The van der Waals surface area contributed by atoms with Gasteiger partial charge < -0.3 is 20.1 Å². The summed E-state index contributed by atoms with van der Waals surface area (Å²) in [6.45, 7) is 13.3. The number of rotatable bonds is 13. The van der Waals surface area contributed by atoms with E-state index in [1.54, 1.807) is 17.1 Å². The Labute approximate surface area is 202 Å². The zero-order valence-corrected chi connectivity index (χ0v) is 21.8. The van der Waals surface area contributed by atoms with Gasteiger partial charge >= 0.3 is 5.97 Å². The number of hydrogen-bond acceptors (Lipinski definition) is 9. The van der Waals surface area contributed by atoms with Gasteiger partial charge in [0.05, 0.1) is 5.92 Å². The zero-order valence-electron chi connectivity index (χ0n) is 20.8. The highest BCUT2D eigenvalue weighted by molar-refractivity contribution is 6.76. The van der Waals surface area contributed by atoms with E-state index in [4.69, 9.17) is 4.74 Å². The summed E-state index contributed by atoms with van der Waals surface area (Å²) in [7, 11) is -1.21.